The monoisotopic (exact) mass is 948 g/mol. The van der Waals surface area contributed by atoms with Gasteiger partial charge in [-0.15, -0.1) is 0 Å². The SMILES string of the molecule is CC1(C)c2ccccc2-c2c(-c3nc(-c4ccccc4)nc(-c4ccc5c(c4)C4c6ccccc6C5c5cc(-c6nc(-c7ccccc7)nc(-c7cccc8c7-c7ccccc7C8(C)C)n6)ccc54)n3)cccc21. The van der Waals surface area contributed by atoms with E-state index < -0.39 is 0 Å². The average Bonchev–Trinajstić information content (AvgIpc) is 3.84. The Kier molecular flexibility index (Phi) is 9.08. The summed E-state index contributed by atoms with van der Waals surface area (Å²) in [4.78, 5) is 31.8. The highest BCUT2D eigenvalue weighted by Crippen LogP contribution is 2.58. The molecule has 0 saturated carbocycles. The lowest BCUT2D eigenvalue weighted by molar-refractivity contribution is 0.660. The second-order valence-corrected chi connectivity index (χ2v) is 21.3. The number of aromatic nitrogens is 6. The zero-order valence-electron chi connectivity index (χ0n) is 41.5. The molecule has 6 nitrogen and oxygen atoms in total. The summed E-state index contributed by atoms with van der Waals surface area (Å²) in [7, 11) is 0. The molecular formula is C68H48N6. The molecule has 2 unspecified atom stereocenters. The van der Waals surface area contributed by atoms with Crippen molar-refractivity contribution in [1.82, 2.24) is 29.9 Å². The number of nitrogens with zero attached hydrogens (tertiary/aromatic N) is 6. The fourth-order valence-electron chi connectivity index (χ4n) is 13.1. The lowest BCUT2D eigenvalue weighted by Gasteiger charge is -2.42. The molecule has 16 rings (SSSR count). The Morgan fingerprint density at radius 2 is 0.581 bits per heavy atom. The van der Waals surface area contributed by atoms with Crippen LogP contribution in [0.5, 0.6) is 0 Å². The molecule has 0 fully saturated rings. The predicted octanol–water partition coefficient (Wildman–Crippen LogP) is 15.7. The van der Waals surface area contributed by atoms with Crippen LogP contribution < -0.4 is 0 Å². The van der Waals surface area contributed by atoms with Gasteiger partial charge in [0.15, 0.2) is 34.9 Å². The smallest absolute Gasteiger partial charge is 0.164 e. The molecule has 0 N–H and O–H groups in total. The average molecular weight is 949 g/mol. The normalized spacial score (nSPS) is 16.3. The first-order chi connectivity index (χ1) is 36.2. The maximum Gasteiger partial charge on any atom is 0.164 e. The molecule has 0 amide bonds. The van der Waals surface area contributed by atoms with E-state index in [0.717, 1.165) is 33.4 Å². The molecule has 2 heterocycles. The van der Waals surface area contributed by atoms with Gasteiger partial charge in [-0.2, -0.15) is 0 Å². The van der Waals surface area contributed by atoms with Crippen molar-refractivity contribution in [2.45, 2.75) is 50.4 Å². The van der Waals surface area contributed by atoms with Crippen LogP contribution in [0.2, 0.25) is 0 Å². The Morgan fingerprint density at radius 1 is 0.257 bits per heavy atom. The van der Waals surface area contributed by atoms with Gasteiger partial charge < -0.3 is 0 Å². The van der Waals surface area contributed by atoms with Gasteiger partial charge in [0.25, 0.3) is 0 Å². The van der Waals surface area contributed by atoms with Crippen LogP contribution in [0.15, 0.2) is 206 Å². The van der Waals surface area contributed by atoms with E-state index in [4.69, 9.17) is 29.9 Å². The Bertz CT molecular complexity index is 3890. The number of fused-ring (bicyclic) bond motifs is 6. The molecule has 11 aromatic rings. The summed E-state index contributed by atoms with van der Waals surface area (Å²) in [5.74, 6) is 3.96. The molecule has 5 aliphatic rings. The molecule has 74 heavy (non-hydrogen) atoms. The van der Waals surface area contributed by atoms with Crippen LogP contribution in [-0.2, 0) is 10.8 Å². The largest absolute Gasteiger partial charge is 0.208 e. The Balaban J connectivity index is 0.871. The Morgan fingerprint density at radius 3 is 1.01 bits per heavy atom. The fourth-order valence-corrected chi connectivity index (χ4v) is 13.1. The molecule has 6 heteroatoms. The summed E-state index contributed by atoms with van der Waals surface area (Å²) in [5, 5.41) is 0. The second-order valence-electron chi connectivity index (χ2n) is 21.3. The van der Waals surface area contributed by atoms with E-state index in [0.29, 0.717) is 34.9 Å². The molecule has 0 saturated heterocycles. The van der Waals surface area contributed by atoms with E-state index in [1.807, 2.05) is 36.4 Å². The molecular weight excluding hydrogens is 901 g/mol. The lowest BCUT2D eigenvalue weighted by Crippen LogP contribution is -2.27. The van der Waals surface area contributed by atoms with Gasteiger partial charge in [0.2, 0.25) is 0 Å². The van der Waals surface area contributed by atoms with E-state index in [1.165, 1.54) is 77.9 Å². The Hall–Kier alpha value is -9.00. The van der Waals surface area contributed by atoms with Gasteiger partial charge in [-0.3, -0.25) is 0 Å². The van der Waals surface area contributed by atoms with Crippen LogP contribution in [0.1, 0.15) is 95.2 Å². The summed E-state index contributed by atoms with van der Waals surface area (Å²) in [6.07, 6.45) is 0. The first-order valence-corrected chi connectivity index (χ1v) is 25.7. The van der Waals surface area contributed by atoms with Crippen LogP contribution in [0.4, 0.5) is 0 Å². The Labute approximate surface area is 430 Å². The minimum atomic E-state index is -0.155. The van der Waals surface area contributed by atoms with Crippen molar-refractivity contribution in [2.24, 2.45) is 0 Å². The van der Waals surface area contributed by atoms with Gasteiger partial charge in [-0.05, 0) is 90.0 Å². The third-order valence-electron chi connectivity index (χ3n) is 16.6. The van der Waals surface area contributed by atoms with Crippen LogP contribution in [0.25, 0.3) is 90.6 Å². The second kappa shape index (κ2) is 15.7. The summed E-state index contributed by atoms with van der Waals surface area (Å²) < 4.78 is 0. The van der Waals surface area contributed by atoms with Crippen LogP contribution in [-0.4, -0.2) is 29.9 Å². The molecule has 0 spiro atoms. The molecule has 0 radical (unpaired) electrons. The zero-order chi connectivity index (χ0) is 49.5. The molecule has 2 atom stereocenters. The van der Waals surface area contributed by atoms with E-state index in [9.17, 15) is 0 Å². The van der Waals surface area contributed by atoms with Crippen molar-refractivity contribution < 1.29 is 0 Å². The standard InChI is InChI=1S/C68H48N6/c1-67(2)53-29-15-13-25-47(53)59-49(27-17-31-55(59)67)65-71-61(39-19-7-5-8-20-39)69-63(73-65)41-33-35-45-51(37-41)57-43-23-11-12-24-44(43)58(45)52-38-42(34-36-46(52)57)64-70-62(40-21-9-6-10-22-40)72-66(74-64)50-28-18-32-56-60(50)48-26-14-16-30-54(48)68(56,3)4/h5-38,57-58H,1-4H3. The van der Waals surface area contributed by atoms with Gasteiger partial charge in [-0.25, -0.2) is 29.9 Å². The first-order valence-electron chi connectivity index (χ1n) is 25.7. The van der Waals surface area contributed by atoms with Crippen LogP contribution >= 0.6 is 0 Å². The summed E-state index contributed by atoms with van der Waals surface area (Å²) in [6.45, 7) is 9.26. The number of hydrogen-bond acceptors (Lipinski definition) is 6. The minimum absolute atomic E-state index is 0.00496. The quantitative estimate of drug-likeness (QED) is 0.165. The van der Waals surface area contributed by atoms with E-state index in [-0.39, 0.29) is 22.7 Å². The van der Waals surface area contributed by atoms with Crippen molar-refractivity contribution >= 4 is 0 Å². The van der Waals surface area contributed by atoms with Crippen LogP contribution in [0, 0.1) is 0 Å². The van der Waals surface area contributed by atoms with Crippen molar-refractivity contribution in [2.75, 3.05) is 0 Å². The minimum Gasteiger partial charge on any atom is -0.208 e. The lowest BCUT2D eigenvalue weighted by atomic mass is 9.61. The topological polar surface area (TPSA) is 77.3 Å². The highest BCUT2D eigenvalue weighted by atomic mass is 15.0. The van der Waals surface area contributed by atoms with Crippen molar-refractivity contribution in [3.05, 3.63) is 262 Å². The molecule has 9 aromatic carbocycles. The van der Waals surface area contributed by atoms with Gasteiger partial charge in [0.05, 0.1) is 0 Å². The van der Waals surface area contributed by atoms with E-state index >= 15 is 0 Å². The number of rotatable bonds is 6. The van der Waals surface area contributed by atoms with Crippen LogP contribution in [0.3, 0.4) is 0 Å². The zero-order valence-corrected chi connectivity index (χ0v) is 41.5. The maximum atomic E-state index is 5.40. The third kappa shape index (κ3) is 6.18. The molecule has 5 aliphatic carbocycles. The predicted molar refractivity (Wildman–Crippen MR) is 296 cm³/mol. The maximum absolute atomic E-state index is 5.40. The summed E-state index contributed by atoms with van der Waals surface area (Å²) >= 11 is 0. The van der Waals surface area contributed by atoms with E-state index in [2.05, 4.69) is 198 Å². The van der Waals surface area contributed by atoms with Gasteiger partial charge in [0, 0.05) is 56.0 Å². The summed E-state index contributed by atoms with van der Waals surface area (Å²) in [5.41, 5.74) is 23.4. The molecule has 0 aliphatic heterocycles. The highest BCUT2D eigenvalue weighted by Gasteiger charge is 2.43. The summed E-state index contributed by atoms with van der Waals surface area (Å²) in [6, 6.07) is 74.0. The number of hydrogen-bond donors (Lipinski definition) is 0. The van der Waals surface area contributed by atoms with Crippen molar-refractivity contribution in [3.8, 4) is 90.6 Å². The van der Waals surface area contributed by atoms with E-state index in [1.54, 1.807) is 0 Å². The van der Waals surface area contributed by atoms with Crippen molar-refractivity contribution in [1.29, 1.82) is 0 Å². The highest BCUT2D eigenvalue weighted by molar-refractivity contribution is 5.93. The molecule has 2 bridgehead atoms. The van der Waals surface area contributed by atoms with Gasteiger partial charge in [0.1, 0.15) is 0 Å². The molecule has 350 valence electrons. The number of benzene rings is 9. The molecule has 2 aromatic heterocycles. The van der Waals surface area contributed by atoms with Gasteiger partial charge in [-0.1, -0.05) is 222 Å². The van der Waals surface area contributed by atoms with Gasteiger partial charge >= 0.3 is 0 Å². The van der Waals surface area contributed by atoms with Crippen molar-refractivity contribution in [3.63, 3.8) is 0 Å². The first kappa shape index (κ1) is 42.7. The fraction of sp³-hybridized carbons (Fsp3) is 0.118. The third-order valence-corrected chi connectivity index (χ3v) is 16.6.